The van der Waals surface area contributed by atoms with Gasteiger partial charge < -0.3 is 38.4 Å². The standard InChI is InChI=1S/C33H39N4O9P/c1-21(38)32(34)18-19-37(31(39)36-32)30-29(43-4)28(46-47(35)40)27(45-30)20-44-33(22-8-6-5-7-9-22,23-10-14-25(41-2)15-11-23)24-12-16-26(42-3)17-13-24/h5-19,27-30,40H,20,34-35H2,1-4H3,(H,36,39)/t27-,28-,29-,30-,32?,47?/m1/s1. The van der Waals surface area contributed by atoms with Crippen LogP contribution in [0.15, 0.2) is 91.1 Å². The number of carbonyl (C=O) groups excluding carboxylic acids is 2. The number of amides is 2. The molecule has 14 heteroatoms. The Balaban J connectivity index is 1.56. The molecule has 1 saturated heterocycles. The van der Waals surface area contributed by atoms with Gasteiger partial charge in [0.2, 0.25) is 0 Å². The van der Waals surface area contributed by atoms with E-state index in [1.165, 1.54) is 31.2 Å². The third-order valence-electron chi connectivity index (χ3n) is 8.33. The first-order chi connectivity index (χ1) is 22.6. The van der Waals surface area contributed by atoms with Gasteiger partial charge >= 0.3 is 6.03 Å². The lowest BCUT2D eigenvalue weighted by molar-refractivity contribution is -0.122. The highest BCUT2D eigenvalue weighted by Crippen LogP contribution is 2.43. The summed E-state index contributed by atoms with van der Waals surface area (Å²) >= 11 is 0. The van der Waals surface area contributed by atoms with E-state index >= 15 is 0 Å². The van der Waals surface area contributed by atoms with Crippen LogP contribution in [0.4, 0.5) is 4.79 Å². The van der Waals surface area contributed by atoms with Crippen molar-refractivity contribution in [2.24, 2.45) is 11.2 Å². The van der Waals surface area contributed by atoms with Gasteiger partial charge in [0.05, 0.1) is 20.8 Å². The molecule has 3 aromatic carbocycles. The van der Waals surface area contributed by atoms with E-state index < -0.39 is 56.1 Å². The highest BCUT2D eigenvalue weighted by Gasteiger charge is 2.52. The molecule has 2 aliphatic heterocycles. The Kier molecular flexibility index (Phi) is 10.6. The number of ether oxygens (including phenoxy) is 5. The molecule has 0 saturated carbocycles. The van der Waals surface area contributed by atoms with Crippen LogP contribution >= 0.6 is 8.53 Å². The summed E-state index contributed by atoms with van der Waals surface area (Å²) in [6.45, 7) is 1.17. The predicted octanol–water partition coefficient (Wildman–Crippen LogP) is 3.10. The molecule has 0 radical (unpaired) electrons. The lowest BCUT2D eigenvalue weighted by Crippen LogP contribution is -2.65. The molecular formula is C33H39N4O9P. The number of nitrogens with one attached hydrogen (secondary N) is 1. The van der Waals surface area contributed by atoms with Crippen LogP contribution in [0.1, 0.15) is 23.6 Å². The summed E-state index contributed by atoms with van der Waals surface area (Å²) in [6.07, 6.45) is -1.12. The fraction of sp³-hybridized carbons (Fsp3) is 0.333. The molecule has 13 nitrogen and oxygen atoms in total. The Morgan fingerprint density at radius 3 is 1.98 bits per heavy atom. The van der Waals surface area contributed by atoms with Crippen molar-refractivity contribution >= 4 is 20.3 Å². The van der Waals surface area contributed by atoms with Crippen molar-refractivity contribution in [2.45, 2.75) is 42.7 Å². The molecule has 2 unspecified atom stereocenters. The molecule has 6 atom stereocenters. The van der Waals surface area contributed by atoms with Gasteiger partial charge in [0.1, 0.15) is 35.4 Å². The molecule has 5 rings (SSSR count). The maximum absolute atomic E-state index is 13.2. The van der Waals surface area contributed by atoms with Crippen molar-refractivity contribution in [3.05, 3.63) is 108 Å². The van der Waals surface area contributed by atoms with Crippen molar-refractivity contribution in [1.29, 1.82) is 0 Å². The number of ketones is 1. The third kappa shape index (κ3) is 6.89. The monoisotopic (exact) mass is 666 g/mol. The van der Waals surface area contributed by atoms with Gasteiger partial charge in [0.15, 0.2) is 17.7 Å². The van der Waals surface area contributed by atoms with E-state index in [-0.39, 0.29) is 6.61 Å². The summed E-state index contributed by atoms with van der Waals surface area (Å²) in [5, 5.41) is 2.50. The second-order valence-electron chi connectivity index (χ2n) is 11.0. The summed E-state index contributed by atoms with van der Waals surface area (Å²) < 4.78 is 35.8. The first-order valence-electron chi connectivity index (χ1n) is 14.7. The van der Waals surface area contributed by atoms with Gasteiger partial charge in [-0.2, -0.15) is 0 Å². The minimum atomic E-state index is -2.37. The van der Waals surface area contributed by atoms with Crippen molar-refractivity contribution in [1.82, 2.24) is 10.2 Å². The molecular weight excluding hydrogens is 627 g/mol. The van der Waals surface area contributed by atoms with Gasteiger partial charge in [-0.3, -0.25) is 20.9 Å². The average molecular weight is 667 g/mol. The van der Waals surface area contributed by atoms with E-state index in [1.807, 2.05) is 78.9 Å². The molecule has 0 aliphatic carbocycles. The quantitative estimate of drug-likeness (QED) is 0.156. The molecule has 3 aromatic rings. The number of nitrogens with zero attached hydrogens (tertiary/aromatic N) is 1. The Bertz CT molecular complexity index is 1510. The highest BCUT2D eigenvalue weighted by atomic mass is 31.2. The van der Waals surface area contributed by atoms with E-state index in [2.05, 4.69) is 5.32 Å². The molecule has 2 amide bonds. The third-order valence-corrected chi connectivity index (χ3v) is 8.79. The van der Waals surface area contributed by atoms with Gasteiger partial charge in [0, 0.05) is 13.3 Å². The highest BCUT2D eigenvalue weighted by molar-refractivity contribution is 7.43. The van der Waals surface area contributed by atoms with Crippen LogP contribution in [-0.4, -0.2) is 79.7 Å². The zero-order valence-electron chi connectivity index (χ0n) is 26.4. The topological polar surface area (TPSA) is 177 Å². The zero-order valence-corrected chi connectivity index (χ0v) is 27.3. The Morgan fingerprint density at radius 2 is 1.51 bits per heavy atom. The van der Waals surface area contributed by atoms with Crippen molar-refractivity contribution in [2.75, 3.05) is 27.9 Å². The number of methoxy groups -OCH3 is 3. The molecule has 6 N–H and O–H groups in total. The van der Waals surface area contributed by atoms with E-state index in [9.17, 15) is 14.5 Å². The summed E-state index contributed by atoms with van der Waals surface area (Å²) in [5.74, 6) is 0.887. The van der Waals surface area contributed by atoms with Crippen LogP contribution in [0.2, 0.25) is 0 Å². The summed E-state index contributed by atoms with van der Waals surface area (Å²) in [7, 11) is 2.25. The minimum Gasteiger partial charge on any atom is -0.497 e. The smallest absolute Gasteiger partial charge is 0.325 e. The number of nitrogens with two attached hydrogens (primary N) is 2. The van der Waals surface area contributed by atoms with E-state index in [0.717, 1.165) is 16.7 Å². The maximum atomic E-state index is 13.2. The maximum Gasteiger partial charge on any atom is 0.325 e. The Hall–Kier alpha value is -3.91. The molecule has 1 fully saturated rings. The fourth-order valence-corrected chi connectivity index (χ4v) is 6.31. The lowest BCUT2D eigenvalue weighted by Gasteiger charge is -2.37. The molecule has 0 aromatic heterocycles. The first-order valence-corrected chi connectivity index (χ1v) is 16.0. The zero-order chi connectivity index (χ0) is 33.8. The van der Waals surface area contributed by atoms with E-state index in [1.54, 1.807) is 14.2 Å². The van der Waals surface area contributed by atoms with Gasteiger partial charge in [-0.15, -0.1) is 0 Å². The molecule has 0 spiro atoms. The van der Waals surface area contributed by atoms with Crippen LogP contribution in [-0.2, 0) is 29.1 Å². The number of hydrogen-bond acceptors (Lipinski definition) is 11. The van der Waals surface area contributed by atoms with Crippen molar-refractivity contribution < 1.29 is 42.7 Å². The van der Waals surface area contributed by atoms with Crippen LogP contribution < -0.4 is 26.0 Å². The van der Waals surface area contributed by atoms with Crippen LogP contribution in [0, 0.1) is 0 Å². The van der Waals surface area contributed by atoms with Gasteiger partial charge in [-0.05, 0) is 54.0 Å². The first kappa shape index (κ1) is 34.4. The predicted molar refractivity (Wildman–Crippen MR) is 173 cm³/mol. The Morgan fingerprint density at radius 1 is 0.957 bits per heavy atom. The van der Waals surface area contributed by atoms with Crippen molar-refractivity contribution in [3.63, 3.8) is 0 Å². The number of carbonyl (C=O) groups is 2. The normalized spacial score (nSPS) is 24.9. The Labute approximate surface area is 274 Å². The summed E-state index contributed by atoms with van der Waals surface area (Å²) in [5.41, 5.74) is 11.3. The lowest BCUT2D eigenvalue weighted by atomic mass is 9.80. The van der Waals surface area contributed by atoms with Gasteiger partial charge in [0.25, 0.3) is 8.53 Å². The number of hydrogen-bond donors (Lipinski definition) is 4. The molecule has 2 heterocycles. The summed E-state index contributed by atoms with van der Waals surface area (Å²) in [6, 6.07) is 24.1. The van der Waals surface area contributed by atoms with Crippen LogP contribution in [0.25, 0.3) is 0 Å². The van der Waals surface area contributed by atoms with E-state index in [4.69, 9.17) is 39.4 Å². The van der Waals surface area contributed by atoms with Gasteiger partial charge in [-0.1, -0.05) is 54.6 Å². The molecule has 2 aliphatic rings. The van der Waals surface area contributed by atoms with Gasteiger partial charge in [-0.25, -0.2) is 4.79 Å². The average Bonchev–Trinajstić information content (AvgIpc) is 3.41. The number of benzene rings is 3. The van der Waals surface area contributed by atoms with Crippen molar-refractivity contribution in [3.8, 4) is 11.5 Å². The second kappa shape index (κ2) is 14.5. The molecule has 250 valence electrons. The second-order valence-corrected chi connectivity index (χ2v) is 11.8. The molecule has 47 heavy (non-hydrogen) atoms. The minimum absolute atomic E-state index is 0.107. The number of Topliss-reactive ketones (excluding diaryl/α,β-unsaturated/α-hetero) is 1. The SMILES string of the molecule is COc1ccc(C(OC[C@H]2O[C@@H](N3C=CC(N)(C(C)=O)NC3=O)[C@H](OC)[C@@H]2OP(N)O)(c2ccccc2)c2ccc(OC)cc2)cc1. The number of urea groups is 1. The largest absolute Gasteiger partial charge is 0.497 e. The fourth-order valence-electron chi connectivity index (χ4n) is 5.80. The van der Waals surface area contributed by atoms with Crippen LogP contribution in [0.3, 0.4) is 0 Å². The van der Waals surface area contributed by atoms with Crippen LogP contribution in [0.5, 0.6) is 11.5 Å². The molecule has 0 bridgehead atoms. The van der Waals surface area contributed by atoms with E-state index in [0.29, 0.717) is 11.5 Å². The summed E-state index contributed by atoms with van der Waals surface area (Å²) in [4.78, 5) is 36.7. The number of rotatable bonds is 13.